The maximum absolute atomic E-state index is 10.4. The highest BCUT2D eigenvalue weighted by atomic mass is 28.3. The molecule has 0 fully saturated rings. The highest BCUT2D eigenvalue weighted by Gasteiger charge is 2.32. The van der Waals surface area contributed by atoms with Crippen LogP contribution >= 0.6 is 0 Å². The first-order chi connectivity index (χ1) is 14.9. The van der Waals surface area contributed by atoms with Crippen LogP contribution < -0.4 is 9.47 Å². The summed E-state index contributed by atoms with van der Waals surface area (Å²) in [6, 6.07) is 10.0. The highest BCUT2D eigenvalue weighted by Crippen LogP contribution is 2.32. The monoisotopic (exact) mass is 444 g/mol. The van der Waals surface area contributed by atoms with Gasteiger partial charge in [-0.25, -0.2) is 0 Å². The Bertz CT molecular complexity index is 741. The van der Waals surface area contributed by atoms with Gasteiger partial charge < -0.3 is 19.7 Å². The van der Waals surface area contributed by atoms with Crippen LogP contribution in [0.5, 0.6) is 23.0 Å². The second kappa shape index (κ2) is 11.5. The molecule has 0 unspecified atom stereocenters. The number of hydrogen-bond donors (Lipinski definition) is 2. The molecule has 2 aromatic carbocycles. The number of aryl methyl sites for hydroxylation is 4. The Morgan fingerprint density at radius 2 is 0.871 bits per heavy atom. The number of ether oxygens (including phenoxy) is 2. The Hall–Kier alpha value is -2.14. The molecule has 0 aromatic heterocycles. The predicted molar refractivity (Wildman–Crippen MR) is 131 cm³/mol. The van der Waals surface area contributed by atoms with E-state index in [4.69, 9.17) is 9.47 Å². The van der Waals surface area contributed by atoms with E-state index in [9.17, 15) is 10.2 Å². The second-order valence-corrected chi connectivity index (χ2v) is 13.4. The summed E-state index contributed by atoms with van der Waals surface area (Å²) in [5.74, 6) is 2.50. The molecule has 0 heterocycles. The van der Waals surface area contributed by atoms with Gasteiger partial charge in [0.2, 0.25) is 0 Å². The molecule has 2 aromatic rings. The summed E-state index contributed by atoms with van der Waals surface area (Å²) < 4.78 is 12.6. The van der Waals surface area contributed by atoms with Crippen molar-refractivity contribution >= 4 is 8.07 Å². The smallest absolute Gasteiger partial charge is 0.141 e. The minimum Gasteiger partial charge on any atom is -0.507 e. The van der Waals surface area contributed by atoms with Crippen LogP contribution in [0.3, 0.4) is 0 Å². The SMILES string of the molecule is CCc1cc(OC[Si](CC)(CC)COc2cc(CC)c(O)c(CC)c2)cc(CC)c1O. The van der Waals surface area contributed by atoms with Crippen LogP contribution in [0.1, 0.15) is 63.8 Å². The molecule has 0 saturated heterocycles. The largest absolute Gasteiger partial charge is 0.507 e. The van der Waals surface area contributed by atoms with Gasteiger partial charge in [-0.1, -0.05) is 53.6 Å². The summed E-state index contributed by atoms with van der Waals surface area (Å²) in [7, 11) is -1.82. The number of phenols is 2. The van der Waals surface area contributed by atoms with Crippen LogP contribution in [-0.2, 0) is 25.7 Å². The molecule has 0 spiro atoms. The number of phenolic OH excluding ortho intramolecular Hbond substituents is 2. The van der Waals surface area contributed by atoms with Crippen molar-refractivity contribution in [2.24, 2.45) is 0 Å². The Kier molecular flexibility index (Phi) is 9.29. The number of hydrogen-bond acceptors (Lipinski definition) is 4. The normalized spacial score (nSPS) is 11.5. The lowest BCUT2D eigenvalue weighted by molar-refractivity contribution is 0.339. The fourth-order valence-electron chi connectivity index (χ4n) is 3.87. The van der Waals surface area contributed by atoms with Crippen molar-refractivity contribution in [3.8, 4) is 23.0 Å². The molecule has 0 aliphatic carbocycles. The topological polar surface area (TPSA) is 58.9 Å². The van der Waals surface area contributed by atoms with Crippen LogP contribution in [0.4, 0.5) is 0 Å². The molecular formula is C26H40O4Si. The lowest BCUT2D eigenvalue weighted by Gasteiger charge is -2.29. The van der Waals surface area contributed by atoms with Gasteiger partial charge in [-0.15, -0.1) is 0 Å². The van der Waals surface area contributed by atoms with Gasteiger partial charge in [0.1, 0.15) is 31.1 Å². The van der Waals surface area contributed by atoms with Crippen molar-refractivity contribution < 1.29 is 19.7 Å². The van der Waals surface area contributed by atoms with Crippen molar-refractivity contribution in [3.05, 3.63) is 46.5 Å². The quantitative estimate of drug-likeness (QED) is 0.373. The Labute approximate surface area is 189 Å². The maximum atomic E-state index is 10.4. The van der Waals surface area contributed by atoms with Gasteiger partial charge in [0, 0.05) is 0 Å². The summed E-state index contributed by atoms with van der Waals surface area (Å²) in [6.45, 7) is 12.7. The van der Waals surface area contributed by atoms with Gasteiger partial charge in [-0.05, 0) is 72.2 Å². The molecule has 0 amide bonds. The van der Waals surface area contributed by atoms with E-state index in [0.717, 1.165) is 71.5 Å². The Morgan fingerprint density at radius 3 is 1.10 bits per heavy atom. The van der Waals surface area contributed by atoms with Crippen molar-refractivity contribution in [1.29, 1.82) is 0 Å². The lowest BCUT2D eigenvalue weighted by Crippen LogP contribution is -2.46. The molecule has 0 saturated carbocycles. The third kappa shape index (κ3) is 5.97. The first-order valence-corrected chi connectivity index (χ1v) is 14.6. The van der Waals surface area contributed by atoms with Crippen LogP contribution in [0, 0.1) is 0 Å². The zero-order chi connectivity index (χ0) is 23.0. The van der Waals surface area contributed by atoms with E-state index >= 15 is 0 Å². The molecule has 31 heavy (non-hydrogen) atoms. The van der Waals surface area contributed by atoms with Crippen LogP contribution in [0.15, 0.2) is 24.3 Å². The van der Waals surface area contributed by atoms with Crippen molar-refractivity contribution in [2.75, 3.05) is 12.5 Å². The molecule has 0 aliphatic heterocycles. The molecule has 0 bridgehead atoms. The van der Waals surface area contributed by atoms with Gasteiger partial charge in [-0.3, -0.25) is 0 Å². The average molecular weight is 445 g/mol. The maximum Gasteiger partial charge on any atom is 0.141 e. The Balaban J connectivity index is 2.18. The third-order valence-electron chi connectivity index (χ3n) is 6.60. The van der Waals surface area contributed by atoms with E-state index < -0.39 is 8.07 Å². The van der Waals surface area contributed by atoms with Gasteiger partial charge in [-0.2, -0.15) is 0 Å². The molecule has 0 aliphatic rings. The molecule has 0 radical (unpaired) electrons. The summed E-state index contributed by atoms with van der Waals surface area (Å²) >= 11 is 0. The molecule has 2 N–H and O–H groups in total. The van der Waals surface area contributed by atoms with E-state index in [-0.39, 0.29) is 0 Å². The summed E-state index contributed by atoms with van der Waals surface area (Å²) in [5.41, 5.74) is 3.76. The van der Waals surface area contributed by atoms with E-state index in [2.05, 4.69) is 41.5 Å². The fraction of sp³-hybridized carbons (Fsp3) is 0.538. The summed E-state index contributed by atoms with van der Waals surface area (Å²) in [4.78, 5) is 0. The van der Waals surface area contributed by atoms with Crippen molar-refractivity contribution in [1.82, 2.24) is 0 Å². The van der Waals surface area contributed by atoms with E-state index in [1.54, 1.807) is 0 Å². The number of rotatable bonds is 12. The van der Waals surface area contributed by atoms with E-state index in [1.807, 2.05) is 24.3 Å². The minimum atomic E-state index is -1.82. The zero-order valence-electron chi connectivity index (χ0n) is 20.2. The second-order valence-electron chi connectivity index (χ2n) is 8.38. The van der Waals surface area contributed by atoms with Crippen molar-refractivity contribution in [3.63, 3.8) is 0 Å². The van der Waals surface area contributed by atoms with E-state index in [1.165, 1.54) is 0 Å². The average Bonchev–Trinajstić information content (AvgIpc) is 2.80. The molecular weight excluding hydrogens is 404 g/mol. The molecule has 0 atom stereocenters. The van der Waals surface area contributed by atoms with Gasteiger partial charge in [0.25, 0.3) is 0 Å². The van der Waals surface area contributed by atoms with Crippen LogP contribution in [-0.4, -0.2) is 30.7 Å². The fourth-order valence-corrected chi connectivity index (χ4v) is 6.22. The van der Waals surface area contributed by atoms with Crippen LogP contribution in [0.25, 0.3) is 0 Å². The first-order valence-electron chi connectivity index (χ1n) is 11.8. The summed E-state index contributed by atoms with van der Waals surface area (Å²) in [6.07, 6.45) is 4.51. The molecule has 4 nitrogen and oxygen atoms in total. The zero-order valence-corrected chi connectivity index (χ0v) is 21.2. The highest BCUT2D eigenvalue weighted by molar-refractivity contribution is 6.79. The standard InChI is InChI=1S/C26H40O4Si/c1-7-19-13-23(14-20(8-2)25(19)27)29-17-31(11-5,12-6)18-30-24-15-21(9-3)26(28)22(10-4)16-24/h13-16,27-28H,7-12,17-18H2,1-6H3. The van der Waals surface area contributed by atoms with Crippen molar-refractivity contribution in [2.45, 2.75) is 79.3 Å². The molecule has 5 heteroatoms. The van der Waals surface area contributed by atoms with Crippen LogP contribution in [0.2, 0.25) is 12.1 Å². The van der Waals surface area contributed by atoms with Gasteiger partial charge >= 0.3 is 0 Å². The first kappa shape index (κ1) is 25.1. The van der Waals surface area contributed by atoms with Gasteiger partial charge in [0.15, 0.2) is 0 Å². The lowest BCUT2D eigenvalue weighted by atomic mass is 10.0. The number of aromatic hydroxyl groups is 2. The Morgan fingerprint density at radius 1 is 0.581 bits per heavy atom. The van der Waals surface area contributed by atoms with E-state index in [0.29, 0.717) is 24.0 Å². The predicted octanol–water partition coefficient (Wildman–Crippen LogP) is 6.37. The minimum absolute atomic E-state index is 0.404. The number of benzene rings is 2. The van der Waals surface area contributed by atoms with Gasteiger partial charge in [0.05, 0.1) is 12.5 Å². The molecule has 2 rings (SSSR count). The third-order valence-corrected chi connectivity index (χ3v) is 11.1. The summed E-state index contributed by atoms with van der Waals surface area (Å²) in [5, 5.41) is 20.7. The molecule has 172 valence electrons.